The van der Waals surface area contributed by atoms with Crippen LogP contribution in [-0.4, -0.2) is 74.3 Å². The first-order valence-electron chi connectivity index (χ1n) is 14.9. The summed E-state index contributed by atoms with van der Waals surface area (Å²) in [6, 6.07) is -0.722. The normalized spacial score (nSPS) is 17.1. The highest BCUT2D eigenvalue weighted by Gasteiger charge is 2.45. The molecule has 1 fully saturated rings. The van der Waals surface area contributed by atoms with Crippen molar-refractivity contribution in [1.29, 1.82) is 0 Å². The number of carbonyl (C=O) groups excluding carboxylic acids is 2. The number of benzene rings is 1. The first kappa shape index (κ1) is 36.0. The number of halogens is 3. The van der Waals surface area contributed by atoms with Crippen LogP contribution in [0, 0.1) is 15.9 Å². The highest BCUT2D eigenvalue weighted by Crippen LogP contribution is 2.43. The summed E-state index contributed by atoms with van der Waals surface area (Å²) in [5.41, 5.74) is -2.79. The summed E-state index contributed by atoms with van der Waals surface area (Å²) in [7, 11) is 1.13. The quantitative estimate of drug-likeness (QED) is 0.119. The molecule has 1 amide bonds. The minimum Gasteiger partial charge on any atom is -0.467 e. The number of anilines is 1. The van der Waals surface area contributed by atoms with Crippen molar-refractivity contribution < 1.29 is 28.4 Å². The van der Waals surface area contributed by atoms with Gasteiger partial charge in [-0.25, -0.2) is 23.9 Å². The molecule has 0 unspecified atom stereocenters. The van der Waals surface area contributed by atoms with E-state index in [0.29, 0.717) is 11.4 Å². The predicted molar refractivity (Wildman–Crippen MR) is 178 cm³/mol. The van der Waals surface area contributed by atoms with Gasteiger partial charge in [-0.05, 0) is 61.5 Å². The molecular weight excluding hydrogens is 703 g/mol. The van der Waals surface area contributed by atoms with Crippen LogP contribution in [0.15, 0.2) is 21.7 Å². The molecule has 13 nitrogen and oxygen atoms in total. The molecule has 0 bridgehead atoms. The second-order valence-corrected chi connectivity index (χ2v) is 14.2. The molecule has 2 atom stereocenters. The van der Waals surface area contributed by atoms with Crippen molar-refractivity contribution >= 4 is 61.9 Å². The molecule has 4 rings (SSSR count). The van der Waals surface area contributed by atoms with E-state index >= 15 is 4.39 Å². The third-order valence-electron chi connectivity index (χ3n) is 7.75. The molecule has 3 aromatic rings. The maximum absolute atomic E-state index is 16.6. The number of amides is 1. The molecule has 1 aromatic carbocycles. The molecule has 1 saturated heterocycles. The van der Waals surface area contributed by atoms with Crippen LogP contribution >= 0.6 is 27.5 Å². The van der Waals surface area contributed by atoms with Gasteiger partial charge in [0.15, 0.2) is 5.82 Å². The first-order chi connectivity index (χ1) is 21.8. The highest BCUT2D eigenvalue weighted by molar-refractivity contribution is 9.10. The first-order valence-corrected chi connectivity index (χ1v) is 16.1. The second-order valence-electron chi connectivity index (χ2n) is 13.0. The van der Waals surface area contributed by atoms with Crippen LogP contribution < -0.4 is 10.5 Å². The number of nitro groups is 1. The SMILES string of the molecule is COC(=O)[C@H]1CN(C(=O)OC(C)(C)C)[C@H](C)CN1c1c([N+](=O)[O-])c(=O)n(-c2c(C(C)C)ncnc2C(C)C)c2c(F)c(Br)c(Cl)cc12. The number of fused-ring (bicyclic) bond motifs is 1. The Morgan fingerprint density at radius 1 is 1.13 bits per heavy atom. The maximum Gasteiger partial charge on any atom is 0.410 e. The monoisotopic (exact) mass is 738 g/mol. The van der Waals surface area contributed by atoms with Crippen molar-refractivity contribution in [2.45, 2.75) is 84.9 Å². The van der Waals surface area contributed by atoms with Gasteiger partial charge in [-0.15, -0.1) is 0 Å². The van der Waals surface area contributed by atoms with E-state index in [1.807, 2.05) is 27.7 Å². The summed E-state index contributed by atoms with van der Waals surface area (Å²) in [6.07, 6.45) is 0.623. The summed E-state index contributed by atoms with van der Waals surface area (Å²) in [4.78, 5) is 64.5. The summed E-state index contributed by atoms with van der Waals surface area (Å²) < 4.78 is 27.9. The van der Waals surface area contributed by atoms with Crippen LogP contribution in [0.5, 0.6) is 0 Å². The number of nitrogens with zero attached hydrogens (tertiary/aromatic N) is 6. The van der Waals surface area contributed by atoms with Gasteiger partial charge in [0, 0.05) is 18.0 Å². The second kappa shape index (κ2) is 13.3. The van der Waals surface area contributed by atoms with E-state index in [0.717, 1.165) is 11.7 Å². The van der Waals surface area contributed by atoms with Crippen molar-refractivity contribution in [2.24, 2.45) is 0 Å². The van der Waals surface area contributed by atoms with E-state index in [1.165, 1.54) is 22.2 Å². The number of rotatable bonds is 6. The van der Waals surface area contributed by atoms with Gasteiger partial charge in [-0.1, -0.05) is 39.3 Å². The number of aromatic nitrogens is 3. The molecule has 0 aliphatic carbocycles. The molecule has 0 saturated carbocycles. The lowest BCUT2D eigenvalue weighted by Crippen LogP contribution is -2.62. The van der Waals surface area contributed by atoms with Gasteiger partial charge in [-0.3, -0.25) is 19.5 Å². The highest BCUT2D eigenvalue weighted by atomic mass is 79.9. The number of piperazine rings is 1. The maximum atomic E-state index is 16.6. The van der Waals surface area contributed by atoms with Crippen LogP contribution in [0.3, 0.4) is 0 Å². The van der Waals surface area contributed by atoms with Crippen molar-refractivity contribution in [3.05, 3.63) is 59.6 Å². The average Bonchev–Trinajstić information content (AvgIpc) is 2.97. The van der Waals surface area contributed by atoms with Gasteiger partial charge >= 0.3 is 23.3 Å². The van der Waals surface area contributed by atoms with E-state index in [9.17, 15) is 24.5 Å². The Labute approximate surface area is 284 Å². The van der Waals surface area contributed by atoms with E-state index < -0.39 is 51.7 Å². The minimum atomic E-state index is -1.34. The molecule has 0 spiro atoms. The smallest absolute Gasteiger partial charge is 0.410 e. The van der Waals surface area contributed by atoms with Gasteiger partial charge in [0.2, 0.25) is 0 Å². The third kappa shape index (κ3) is 6.64. The zero-order chi connectivity index (χ0) is 35.3. The van der Waals surface area contributed by atoms with Crippen LogP contribution in [0.4, 0.5) is 20.6 Å². The lowest BCUT2D eigenvalue weighted by molar-refractivity contribution is -0.385. The number of pyridine rings is 1. The number of carbonyl (C=O) groups is 2. The molecule has 254 valence electrons. The Morgan fingerprint density at radius 2 is 1.70 bits per heavy atom. The number of hydrogen-bond donors (Lipinski definition) is 0. The van der Waals surface area contributed by atoms with Crippen molar-refractivity contribution in [1.82, 2.24) is 19.4 Å². The summed E-state index contributed by atoms with van der Waals surface area (Å²) >= 11 is 9.63. The molecule has 0 radical (unpaired) electrons. The van der Waals surface area contributed by atoms with E-state index in [4.69, 9.17) is 21.1 Å². The Bertz CT molecular complexity index is 1800. The number of methoxy groups -OCH3 is 1. The molecule has 16 heteroatoms. The predicted octanol–water partition coefficient (Wildman–Crippen LogP) is 6.48. The fraction of sp³-hybridized carbons (Fsp3) is 0.516. The fourth-order valence-electron chi connectivity index (χ4n) is 5.71. The molecule has 1 aliphatic rings. The van der Waals surface area contributed by atoms with Crippen molar-refractivity contribution in [3.8, 4) is 5.69 Å². The van der Waals surface area contributed by atoms with Gasteiger partial charge < -0.3 is 19.3 Å². The molecule has 0 N–H and O–H groups in total. The topological polar surface area (TPSA) is 150 Å². The van der Waals surface area contributed by atoms with E-state index in [1.54, 1.807) is 27.7 Å². The minimum absolute atomic E-state index is 0.114. The average molecular weight is 740 g/mol. The Balaban J connectivity index is 2.17. The number of esters is 1. The lowest BCUT2D eigenvalue weighted by atomic mass is 9.99. The van der Waals surface area contributed by atoms with Crippen LogP contribution in [-0.2, 0) is 14.3 Å². The zero-order valence-corrected chi connectivity index (χ0v) is 29.9. The van der Waals surface area contributed by atoms with Gasteiger partial charge in [0.25, 0.3) is 0 Å². The third-order valence-corrected chi connectivity index (χ3v) is 9.05. The van der Waals surface area contributed by atoms with Gasteiger partial charge in [0.05, 0.1) is 50.7 Å². The van der Waals surface area contributed by atoms with Gasteiger partial charge in [-0.2, -0.15) is 0 Å². The Kier molecular flexibility index (Phi) is 10.2. The molecule has 1 aliphatic heterocycles. The Morgan fingerprint density at radius 3 is 2.19 bits per heavy atom. The summed E-state index contributed by atoms with van der Waals surface area (Å²) in [5.74, 6) is -2.41. The summed E-state index contributed by atoms with van der Waals surface area (Å²) in [5, 5.41) is 12.7. The van der Waals surface area contributed by atoms with Gasteiger partial charge in [0.1, 0.15) is 23.7 Å². The lowest BCUT2D eigenvalue weighted by Gasteiger charge is -2.45. The van der Waals surface area contributed by atoms with Crippen LogP contribution in [0.2, 0.25) is 5.02 Å². The molecule has 2 aromatic heterocycles. The van der Waals surface area contributed by atoms with Crippen molar-refractivity contribution in [3.63, 3.8) is 0 Å². The fourth-order valence-corrected chi connectivity index (χ4v) is 6.20. The Hall–Kier alpha value is -3.85. The van der Waals surface area contributed by atoms with E-state index in [-0.39, 0.29) is 56.7 Å². The summed E-state index contributed by atoms with van der Waals surface area (Å²) in [6.45, 7) is 13.5. The van der Waals surface area contributed by atoms with Crippen molar-refractivity contribution in [2.75, 3.05) is 25.1 Å². The number of hydrogen-bond acceptors (Lipinski definition) is 10. The largest absolute Gasteiger partial charge is 0.467 e. The molecule has 3 heterocycles. The number of ether oxygens (including phenoxy) is 2. The molecule has 47 heavy (non-hydrogen) atoms. The molecular formula is C31H37BrClFN6O7. The van der Waals surface area contributed by atoms with Crippen LogP contribution in [0.25, 0.3) is 16.6 Å². The zero-order valence-electron chi connectivity index (χ0n) is 27.6. The van der Waals surface area contributed by atoms with E-state index in [2.05, 4.69) is 25.9 Å². The van der Waals surface area contributed by atoms with Crippen LogP contribution in [0.1, 0.15) is 78.6 Å². The standard InChI is InChI=1S/C31H37BrClFN6O7/c1-14(2)22-26(23(15(3)4)36-13-35-22)39-24-17(10-18(33)20(32)21(24)34)25(27(28(39)41)40(44)45)38-11-16(5)37(12-19(38)29(42)46-9)30(43)47-31(6,7)8/h10,13-16,19H,11-12H2,1-9H3/t16-,19-/m1/s1.